The van der Waals surface area contributed by atoms with Crippen molar-refractivity contribution in [1.29, 1.82) is 0 Å². The molecule has 28 heavy (non-hydrogen) atoms. The van der Waals surface area contributed by atoms with Gasteiger partial charge in [-0.05, 0) is 30.2 Å². The Bertz CT molecular complexity index is 841. The molecule has 1 heterocycles. The summed E-state index contributed by atoms with van der Waals surface area (Å²) in [6.45, 7) is 6.69. The second-order valence-corrected chi connectivity index (χ2v) is 9.01. The van der Waals surface area contributed by atoms with Crippen molar-refractivity contribution in [3.8, 4) is 0 Å². The largest absolute Gasteiger partial charge is 0.467 e. The van der Waals surface area contributed by atoms with Crippen molar-refractivity contribution in [3.05, 3.63) is 36.0 Å². The third kappa shape index (κ3) is 4.40. The molecule has 0 spiro atoms. The van der Waals surface area contributed by atoms with E-state index < -0.39 is 17.4 Å². The zero-order chi connectivity index (χ0) is 20.3. The Labute approximate surface area is 167 Å². The van der Waals surface area contributed by atoms with Crippen molar-refractivity contribution in [2.24, 2.45) is 11.3 Å². The molecule has 1 N–H and O–H groups in total. The fourth-order valence-corrected chi connectivity index (χ4v) is 4.18. The number of methoxy groups -OCH3 is 1. The number of carbonyl (C=O) groups is 2. The molecule has 1 aliphatic carbocycles. The van der Waals surface area contributed by atoms with Crippen molar-refractivity contribution >= 4 is 22.8 Å². The molecule has 1 aromatic heterocycles. The van der Waals surface area contributed by atoms with Crippen LogP contribution in [0, 0.1) is 11.3 Å². The third-order valence-electron chi connectivity index (χ3n) is 5.79. The van der Waals surface area contributed by atoms with Gasteiger partial charge in [0.1, 0.15) is 6.04 Å². The van der Waals surface area contributed by atoms with Gasteiger partial charge in [0.15, 0.2) is 0 Å². The van der Waals surface area contributed by atoms with Gasteiger partial charge in [0, 0.05) is 23.6 Å². The number of hydrogen-bond donors (Lipinski definition) is 1. The van der Waals surface area contributed by atoms with Crippen LogP contribution in [0.1, 0.15) is 63.2 Å². The number of fused-ring (bicyclic) bond motifs is 1. The normalized spacial score (nSPS) is 16.7. The first-order valence-electron chi connectivity index (χ1n) is 10.3. The number of hydrogen-bond acceptors (Lipinski definition) is 3. The number of ether oxygens (including phenoxy) is 1. The van der Waals surface area contributed by atoms with Gasteiger partial charge in [0.25, 0.3) is 5.91 Å². The van der Waals surface area contributed by atoms with E-state index in [0.717, 1.165) is 17.4 Å². The fraction of sp³-hybridized carbons (Fsp3) is 0.565. The summed E-state index contributed by atoms with van der Waals surface area (Å²) < 4.78 is 7.12. The summed E-state index contributed by atoms with van der Waals surface area (Å²) in [5.41, 5.74) is 1.25. The van der Waals surface area contributed by atoms with E-state index in [4.69, 9.17) is 4.74 Å². The first-order chi connectivity index (χ1) is 13.3. The monoisotopic (exact) mass is 384 g/mol. The number of carbonyl (C=O) groups excluding carboxylic acids is 2. The molecule has 0 bridgehead atoms. The lowest BCUT2D eigenvalue weighted by molar-refractivity contribution is -0.145. The predicted octanol–water partition coefficient (Wildman–Crippen LogP) is 4.54. The van der Waals surface area contributed by atoms with Crippen molar-refractivity contribution < 1.29 is 14.3 Å². The van der Waals surface area contributed by atoms with E-state index in [2.05, 4.69) is 16.0 Å². The molecule has 1 aromatic carbocycles. The highest BCUT2D eigenvalue weighted by molar-refractivity contribution is 6.08. The van der Waals surface area contributed by atoms with Gasteiger partial charge >= 0.3 is 5.97 Å². The van der Waals surface area contributed by atoms with Gasteiger partial charge in [-0.2, -0.15) is 0 Å². The van der Waals surface area contributed by atoms with Crippen LogP contribution in [-0.4, -0.2) is 29.6 Å². The van der Waals surface area contributed by atoms with Crippen LogP contribution in [0.3, 0.4) is 0 Å². The lowest BCUT2D eigenvalue weighted by atomic mass is 9.86. The third-order valence-corrected chi connectivity index (χ3v) is 5.79. The minimum Gasteiger partial charge on any atom is -0.467 e. The first-order valence-corrected chi connectivity index (χ1v) is 10.3. The van der Waals surface area contributed by atoms with Gasteiger partial charge in [-0.25, -0.2) is 4.79 Å². The zero-order valence-corrected chi connectivity index (χ0v) is 17.5. The summed E-state index contributed by atoms with van der Waals surface area (Å²) in [6, 6.07) is 7.30. The summed E-state index contributed by atoms with van der Waals surface area (Å²) in [7, 11) is 1.35. The molecule has 0 radical (unpaired) electrons. The summed E-state index contributed by atoms with van der Waals surface area (Å²) in [4.78, 5) is 25.3. The van der Waals surface area contributed by atoms with E-state index in [9.17, 15) is 9.59 Å². The predicted molar refractivity (Wildman–Crippen MR) is 111 cm³/mol. The van der Waals surface area contributed by atoms with Crippen LogP contribution in [-0.2, 0) is 16.1 Å². The summed E-state index contributed by atoms with van der Waals surface area (Å²) in [5.74, 6) is 0.00794. The number of para-hydroxylation sites is 1. The molecule has 3 rings (SSSR count). The molecule has 5 nitrogen and oxygen atoms in total. The Kier molecular flexibility index (Phi) is 6.11. The maximum atomic E-state index is 13.1. The molecule has 1 fully saturated rings. The minimum absolute atomic E-state index is 0.232. The lowest BCUT2D eigenvalue weighted by Gasteiger charge is -2.28. The maximum Gasteiger partial charge on any atom is 0.328 e. The van der Waals surface area contributed by atoms with Crippen LogP contribution in [0.5, 0.6) is 0 Å². The molecule has 0 saturated heterocycles. The number of esters is 1. The van der Waals surface area contributed by atoms with Gasteiger partial charge in [-0.3, -0.25) is 4.79 Å². The molecular weight excluding hydrogens is 352 g/mol. The molecule has 152 valence electrons. The molecule has 1 atom stereocenters. The number of benzene rings is 1. The quantitative estimate of drug-likeness (QED) is 0.770. The van der Waals surface area contributed by atoms with Crippen LogP contribution in [0.25, 0.3) is 10.9 Å². The lowest BCUT2D eigenvalue weighted by Crippen LogP contribution is -2.49. The molecule has 2 aromatic rings. The number of nitrogens with zero attached hydrogens (tertiary/aromatic N) is 1. The SMILES string of the molecule is COC(=O)[C@@H](NC(=O)c1cn(CC2CCCCC2)c2ccccc12)C(C)(C)C. The van der Waals surface area contributed by atoms with Crippen molar-refractivity contribution in [3.63, 3.8) is 0 Å². The Morgan fingerprint density at radius 3 is 2.50 bits per heavy atom. The number of nitrogens with one attached hydrogen (secondary N) is 1. The van der Waals surface area contributed by atoms with Crippen molar-refractivity contribution in [2.75, 3.05) is 7.11 Å². The molecule has 1 amide bonds. The standard InChI is InChI=1S/C23H32N2O3/c1-23(2,3)20(22(27)28-4)24-21(26)18-15-25(14-16-10-6-5-7-11-16)19-13-9-8-12-17(18)19/h8-9,12-13,15-16,20H,5-7,10-11,14H2,1-4H3,(H,24,26)/t20-/m1/s1. The molecule has 1 aliphatic rings. The molecular formula is C23H32N2O3. The highest BCUT2D eigenvalue weighted by atomic mass is 16.5. The van der Waals surface area contributed by atoms with Gasteiger partial charge < -0.3 is 14.6 Å². The van der Waals surface area contributed by atoms with Gasteiger partial charge in [-0.15, -0.1) is 0 Å². The second kappa shape index (κ2) is 8.38. The second-order valence-electron chi connectivity index (χ2n) is 9.01. The van der Waals surface area contributed by atoms with Crippen molar-refractivity contribution in [2.45, 2.75) is 65.5 Å². The molecule has 0 unspecified atom stereocenters. The fourth-order valence-electron chi connectivity index (χ4n) is 4.18. The average molecular weight is 385 g/mol. The number of amides is 1. The van der Waals surface area contributed by atoms with Crippen LogP contribution < -0.4 is 5.32 Å². The Balaban J connectivity index is 1.89. The Morgan fingerprint density at radius 1 is 1.18 bits per heavy atom. The maximum absolute atomic E-state index is 13.1. The van der Waals surface area contributed by atoms with Crippen LogP contribution in [0.2, 0.25) is 0 Å². The number of aromatic nitrogens is 1. The number of rotatable bonds is 5. The Hall–Kier alpha value is -2.30. The first kappa shape index (κ1) is 20.4. The van der Waals surface area contributed by atoms with Gasteiger partial charge in [0.05, 0.1) is 12.7 Å². The topological polar surface area (TPSA) is 60.3 Å². The van der Waals surface area contributed by atoms with E-state index in [1.54, 1.807) is 0 Å². The van der Waals surface area contributed by atoms with Gasteiger partial charge in [-0.1, -0.05) is 58.2 Å². The van der Waals surface area contributed by atoms with E-state index in [1.807, 2.05) is 45.2 Å². The smallest absolute Gasteiger partial charge is 0.328 e. The highest BCUT2D eigenvalue weighted by Gasteiger charge is 2.34. The van der Waals surface area contributed by atoms with E-state index >= 15 is 0 Å². The summed E-state index contributed by atoms with van der Waals surface area (Å²) in [6.07, 6.45) is 8.38. The molecule has 5 heteroatoms. The van der Waals surface area contributed by atoms with E-state index in [1.165, 1.54) is 39.2 Å². The summed E-state index contributed by atoms with van der Waals surface area (Å²) >= 11 is 0. The molecule has 0 aliphatic heterocycles. The van der Waals surface area contributed by atoms with Crippen LogP contribution >= 0.6 is 0 Å². The minimum atomic E-state index is -0.703. The molecule has 1 saturated carbocycles. The highest BCUT2D eigenvalue weighted by Crippen LogP contribution is 2.29. The van der Waals surface area contributed by atoms with Gasteiger partial charge in [0.2, 0.25) is 0 Å². The Morgan fingerprint density at radius 2 is 1.86 bits per heavy atom. The average Bonchev–Trinajstić information content (AvgIpc) is 3.04. The van der Waals surface area contributed by atoms with Crippen LogP contribution in [0.15, 0.2) is 30.5 Å². The van der Waals surface area contributed by atoms with Crippen molar-refractivity contribution in [1.82, 2.24) is 9.88 Å². The van der Waals surface area contributed by atoms with E-state index in [-0.39, 0.29) is 5.91 Å². The van der Waals surface area contributed by atoms with Crippen LogP contribution in [0.4, 0.5) is 0 Å². The summed E-state index contributed by atoms with van der Waals surface area (Å²) in [5, 5.41) is 3.83. The zero-order valence-electron chi connectivity index (χ0n) is 17.5. The van der Waals surface area contributed by atoms with E-state index in [0.29, 0.717) is 11.5 Å².